The molecule has 0 heterocycles. The van der Waals surface area contributed by atoms with E-state index in [1.807, 2.05) is 56.3 Å². The minimum absolute atomic E-state index is 0.244. The van der Waals surface area contributed by atoms with E-state index < -0.39 is 5.54 Å². The van der Waals surface area contributed by atoms with E-state index in [2.05, 4.69) is 30.2 Å². The van der Waals surface area contributed by atoms with E-state index in [0.29, 0.717) is 13.2 Å². The largest absolute Gasteiger partial charge is 0.374 e. The molecule has 1 aromatic carbocycles. The Balaban J connectivity index is 2.85. The number of carbonyl (C=O) groups excluding carboxylic acids is 1. The van der Waals surface area contributed by atoms with Gasteiger partial charge in [0.05, 0.1) is 24.8 Å². The Kier molecular flexibility index (Phi) is 11.0. The number of nitrogens with zero attached hydrogens (tertiary/aromatic N) is 1. The normalized spacial score (nSPS) is 14.8. The number of nitrogens with one attached hydrogen (secondary N) is 1. The molecule has 1 aromatic rings. The highest BCUT2D eigenvalue weighted by molar-refractivity contribution is 5.94. The van der Waals surface area contributed by atoms with Gasteiger partial charge in [0.1, 0.15) is 0 Å². The van der Waals surface area contributed by atoms with Gasteiger partial charge in [-0.1, -0.05) is 61.1 Å². The second kappa shape index (κ2) is 12.9. The van der Waals surface area contributed by atoms with Crippen LogP contribution in [0.15, 0.2) is 70.9 Å². The van der Waals surface area contributed by atoms with Crippen LogP contribution in [0.3, 0.4) is 0 Å². The summed E-state index contributed by atoms with van der Waals surface area (Å²) >= 11 is 0. The van der Waals surface area contributed by atoms with E-state index in [4.69, 9.17) is 10.5 Å². The fraction of sp³-hybridized carbons (Fsp3) is 0.440. The maximum absolute atomic E-state index is 12.4. The Hall–Kier alpha value is -2.50. The third kappa shape index (κ3) is 10.3. The van der Waals surface area contributed by atoms with Gasteiger partial charge in [-0.25, -0.2) is 0 Å². The summed E-state index contributed by atoms with van der Waals surface area (Å²) in [5, 5.41) is 2.96. The van der Waals surface area contributed by atoms with Crippen LogP contribution in [-0.4, -0.2) is 29.8 Å². The molecule has 0 aromatic heterocycles. The lowest BCUT2D eigenvalue weighted by atomic mass is 10.1. The molecule has 0 spiro atoms. The van der Waals surface area contributed by atoms with Gasteiger partial charge in [-0.3, -0.25) is 9.79 Å². The maximum Gasteiger partial charge on any atom is 0.240 e. The minimum Gasteiger partial charge on any atom is -0.374 e. The van der Waals surface area contributed by atoms with Crippen LogP contribution < -0.4 is 11.1 Å². The summed E-state index contributed by atoms with van der Waals surface area (Å²) < 4.78 is 5.85. The highest BCUT2D eigenvalue weighted by Gasteiger charge is 2.25. The number of hydrogen-bond acceptors (Lipinski definition) is 4. The van der Waals surface area contributed by atoms with Crippen molar-refractivity contribution in [3.8, 4) is 0 Å². The van der Waals surface area contributed by atoms with Crippen LogP contribution in [0.5, 0.6) is 0 Å². The van der Waals surface area contributed by atoms with Gasteiger partial charge in [-0.2, -0.15) is 0 Å². The number of benzene rings is 1. The predicted molar refractivity (Wildman–Crippen MR) is 126 cm³/mol. The number of rotatable bonds is 11. The minimum atomic E-state index is -0.976. The molecule has 3 N–H and O–H groups in total. The number of hydrogen-bond donors (Lipinski definition) is 2. The molecular weight excluding hydrogens is 374 g/mol. The SMILES string of the molecule is CC/C(C)=C/C=C\C(C)=C\N=C(C)C(COCc1ccccc1)NC(=O)C(C)(C)N. The van der Waals surface area contributed by atoms with Gasteiger partial charge in [-0.05, 0) is 52.2 Å². The standard InChI is InChI=1S/C25H37N3O2/c1-7-19(2)12-11-13-20(3)16-27-21(4)23(28-24(29)25(5,6)26)18-30-17-22-14-9-8-10-15-22/h8-16,23H,7,17-18,26H2,1-6H3,(H,28,29)/b13-11-,19-12+,20-16+,27-21?. The van der Waals surface area contributed by atoms with Crippen LogP contribution in [0.25, 0.3) is 0 Å². The van der Waals surface area contributed by atoms with E-state index in [-0.39, 0.29) is 11.9 Å². The van der Waals surface area contributed by atoms with Crippen molar-refractivity contribution in [2.24, 2.45) is 10.7 Å². The fourth-order valence-corrected chi connectivity index (χ4v) is 2.30. The molecule has 0 aliphatic rings. The smallest absolute Gasteiger partial charge is 0.240 e. The Morgan fingerprint density at radius 1 is 1.23 bits per heavy atom. The molecule has 0 saturated heterocycles. The molecule has 0 aliphatic carbocycles. The lowest BCUT2D eigenvalue weighted by molar-refractivity contribution is -0.125. The molecule has 5 heteroatoms. The number of allylic oxidation sites excluding steroid dienone is 5. The van der Waals surface area contributed by atoms with Crippen molar-refractivity contribution in [1.82, 2.24) is 5.32 Å². The summed E-state index contributed by atoms with van der Waals surface area (Å²) in [5.74, 6) is -0.244. The quantitative estimate of drug-likeness (QED) is 0.409. The van der Waals surface area contributed by atoms with E-state index >= 15 is 0 Å². The molecule has 0 saturated carbocycles. The summed E-state index contributed by atoms with van der Waals surface area (Å²) in [6, 6.07) is 9.56. The van der Waals surface area contributed by atoms with Crippen molar-refractivity contribution in [2.75, 3.05) is 6.61 Å². The monoisotopic (exact) mass is 411 g/mol. The Labute approximate surface area is 181 Å². The van der Waals surface area contributed by atoms with Gasteiger partial charge in [0.15, 0.2) is 0 Å². The van der Waals surface area contributed by atoms with Crippen LogP contribution in [-0.2, 0) is 16.1 Å². The van der Waals surface area contributed by atoms with Crippen molar-refractivity contribution < 1.29 is 9.53 Å². The van der Waals surface area contributed by atoms with Crippen molar-refractivity contribution in [3.63, 3.8) is 0 Å². The summed E-state index contributed by atoms with van der Waals surface area (Å²) in [4.78, 5) is 17.0. The average Bonchev–Trinajstić information content (AvgIpc) is 2.71. The molecule has 0 bridgehead atoms. The molecule has 30 heavy (non-hydrogen) atoms. The van der Waals surface area contributed by atoms with E-state index in [9.17, 15) is 4.79 Å². The first-order valence-corrected chi connectivity index (χ1v) is 10.4. The average molecular weight is 412 g/mol. The molecule has 0 radical (unpaired) electrons. The fourth-order valence-electron chi connectivity index (χ4n) is 2.30. The second-order valence-electron chi connectivity index (χ2n) is 8.12. The number of carbonyl (C=O) groups is 1. The number of amides is 1. The van der Waals surface area contributed by atoms with Crippen LogP contribution in [0, 0.1) is 0 Å². The lowest BCUT2D eigenvalue weighted by Gasteiger charge is -2.24. The number of aliphatic imine (C=N–C) groups is 1. The summed E-state index contributed by atoms with van der Waals surface area (Å²) in [6.07, 6.45) is 8.96. The Bertz CT molecular complexity index is 784. The van der Waals surface area contributed by atoms with Gasteiger partial charge >= 0.3 is 0 Å². The van der Waals surface area contributed by atoms with E-state index in [0.717, 1.165) is 23.3 Å². The zero-order valence-corrected chi connectivity index (χ0v) is 19.2. The van der Waals surface area contributed by atoms with Crippen LogP contribution in [0.1, 0.15) is 53.5 Å². The number of nitrogens with two attached hydrogens (primary N) is 1. The first-order chi connectivity index (χ1) is 14.1. The van der Waals surface area contributed by atoms with Crippen molar-refractivity contribution in [1.29, 1.82) is 0 Å². The third-order valence-corrected chi connectivity index (χ3v) is 4.56. The molecule has 1 atom stereocenters. The van der Waals surface area contributed by atoms with Crippen molar-refractivity contribution in [3.05, 3.63) is 71.5 Å². The summed E-state index contributed by atoms with van der Waals surface area (Å²) in [6.45, 7) is 12.2. The summed E-state index contributed by atoms with van der Waals surface area (Å²) in [5.41, 5.74) is 9.14. The first-order valence-electron chi connectivity index (χ1n) is 10.4. The molecule has 1 unspecified atom stereocenters. The molecule has 1 amide bonds. The van der Waals surface area contributed by atoms with Gasteiger partial charge in [-0.15, -0.1) is 0 Å². The maximum atomic E-state index is 12.4. The molecule has 5 nitrogen and oxygen atoms in total. The molecule has 1 rings (SSSR count). The van der Waals surface area contributed by atoms with Crippen LogP contribution in [0.2, 0.25) is 0 Å². The van der Waals surface area contributed by atoms with Crippen LogP contribution >= 0.6 is 0 Å². The topological polar surface area (TPSA) is 76.7 Å². The highest BCUT2D eigenvalue weighted by Crippen LogP contribution is 2.05. The van der Waals surface area contributed by atoms with Gasteiger partial charge < -0.3 is 15.8 Å². The van der Waals surface area contributed by atoms with Crippen molar-refractivity contribution >= 4 is 11.6 Å². The van der Waals surface area contributed by atoms with Gasteiger partial charge in [0.25, 0.3) is 0 Å². The van der Waals surface area contributed by atoms with Gasteiger partial charge in [0.2, 0.25) is 5.91 Å². The lowest BCUT2D eigenvalue weighted by Crippen LogP contribution is -2.54. The zero-order valence-electron chi connectivity index (χ0n) is 19.2. The molecule has 0 aliphatic heterocycles. The number of ether oxygens (including phenoxy) is 1. The van der Waals surface area contributed by atoms with Crippen molar-refractivity contribution in [2.45, 2.75) is 66.2 Å². The van der Waals surface area contributed by atoms with Gasteiger partial charge in [0, 0.05) is 11.9 Å². The zero-order chi connectivity index (χ0) is 22.6. The summed E-state index contributed by atoms with van der Waals surface area (Å²) in [7, 11) is 0. The third-order valence-electron chi connectivity index (χ3n) is 4.56. The predicted octanol–water partition coefficient (Wildman–Crippen LogP) is 4.70. The molecule has 0 fully saturated rings. The van der Waals surface area contributed by atoms with Crippen LogP contribution in [0.4, 0.5) is 0 Å². The molecular formula is C25H37N3O2. The van der Waals surface area contributed by atoms with E-state index in [1.165, 1.54) is 5.57 Å². The first kappa shape index (κ1) is 25.5. The second-order valence-corrected chi connectivity index (χ2v) is 8.12. The highest BCUT2D eigenvalue weighted by atomic mass is 16.5. The van der Waals surface area contributed by atoms with E-state index in [1.54, 1.807) is 20.0 Å². The Morgan fingerprint density at radius 3 is 2.50 bits per heavy atom. The Morgan fingerprint density at radius 2 is 1.90 bits per heavy atom. The molecule has 164 valence electrons.